The molecule has 0 saturated heterocycles. The summed E-state index contributed by atoms with van der Waals surface area (Å²) in [5, 5.41) is 12.0. The Balaban J connectivity index is 3.06. The van der Waals surface area contributed by atoms with Crippen LogP contribution < -0.4 is 10.5 Å². The van der Waals surface area contributed by atoms with Gasteiger partial charge < -0.3 is 15.7 Å². The third kappa shape index (κ3) is 4.35. The summed E-state index contributed by atoms with van der Waals surface area (Å²) in [5.74, 6) is 1.30. The van der Waals surface area contributed by atoms with Gasteiger partial charge in [-0.15, -0.1) is 11.8 Å². The zero-order valence-electron chi connectivity index (χ0n) is 11.9. The first-order valence-corrected chi connectivity index (χ1v) is 7.53. The molecule has 1 aromatic carbocycles. The summed E-state index contributed by atoms with van der Waals surface area (Å²) in [4.78, 5) is 0.935. The van der Waals surface area contributed by atoms with Crippen LogP contribution in [-0.2, 0) is 0 Å². The van der Waals surface area contributed by atoms with Gasteiger partial charge >= 0.3 is 0 Å². The van der Waals surface area contributed by atoms with Gasteiger partial charge in [-0.2, -0.15) is 0 Å². The molecule has 0 amide bonds. The lowest BCUT2D eigenvalue weighted by Crippen LogP contribution is -2.20. The lowest BCUT2D eigenvalue weighted by atomic mass is 10.1. The van der Waals surface area contributed by atoms with Crippen LogP contribution in [0.1, 0.15) is 32.8 Å². The van der Waals surface area contributed by atoms with E-state index in [2.05, 4.69) is 19.0 Å². The summed E-state index contributed by atoms with van der Waals surface area (Å²) in [5.41, 5.74) is 6.42. The normalized spacial score (nSPS) is 13.6. The minimum atomic E-state index is 0.0803. The van der Waals surface area contributed by atoms with E-state index in [9.17, 15) is 0 Å². The molecule has 1 aromatic rings. The fraction of sp³-hybridized carbons (Fsp3) is 0.500. The molecule has 5 heteroatoms. The maximum atomic E-state index is 8.91. The van der Waals surface area contributed by atoms with Gasteiger partial charge in [-0.3, -0.25) is 0 Å². The van der Waals surface area contributed by atoms with E-state index in [4.69, 9.17) is 15.7 Å². The van der Waals surface area contributed by atoms with Crippen molar-refractivity contribution in [3.8, 4) is 5.75 Å². The highest BCUT2D eigenvalue weighted by Crippen LogP contribution is 2.30. The van der Waals surface area contributed by atoms with E-state index in [0.717, 1.165) is 11.3 Å². The van der Waals surface area contributed by atoms with Crippen LogP contribution in [-0.4, -0.2) is 23.4 Å². The molecule has 3 N–H and O–H groups in total. The molecule has 1 rings (SSSR count). The Kier molecular flexibility index (Phi) is 6.02. The van der Waals surface area contributed by atoms with Gasteiger partial charge in [-0.1, -0.05) is 25.1 Å². The molecular formula is C14H22N2O2S. The Labute approximate surface area is 119 Å². The van der Waals surface area contributed by atoms with E-state index in [1.165, 1.54) is 0 Å². The SMILES string of the molecule is CSc1cccc(OC(C)CC(C)C)c1/C(N)=N/O. The minimum Gasteiger partial charge on any atom is -0.490 e. The second-order valence-corrected chi connectivity index (χ2v) is 5.72. The monoisotopic (exact) mass is 282 g/mol. The molecule has 1 unspecified atom stereocenters. The lowest BCUT2D eigenvalue weighted by molar-refractivity contribution is 0.192. The van der Waals surface area contributed by atoms with Crippen LogP contribution in [0.15, 0.2) is 28.3 Å². The van der Waals surface area contributed by atoms with Crippen molar-refractivity contribution in [2.45, 2.75) is 38.2 Å². The van der Waals surface area contributed by atoms with Crippen molar-refractivity contribution in [2.75, 3.05) is 6.26 Å². The smallest absolute Gasteiger partial charge is 0.174 e. The Morgan fingerprint density at radius 2 is 2.11 bits per heavy atom. The molecule has 4 nitrogen and oxygen atoms in total. The van der Waals surface area contributed by atoms with Crippen LogP contribution in [0.3, 0.4) is 0 Å². The van der Waals surface area contributed by atoms with Gasteiger partial charge in [0.1, 0.15) is 5.75 Å². The molecule has 0 heterocycles. The molecule has 1 atom stereocenters. The Hall–Kier alpha value is -1.36. The van der Waals surface area contributed by atoms with Gasteiger partial charge in [0, 0.05) is 4.90 Å². The average Bonchev–Trinajstić information content (AvgIpc) is 2.36. The van der Waals surface area contributed by atoms with Crippen LogP contribution in [0.4, 0.5) is 0 Å². The molecule has 0 radical (unpaired) electrons. The fourth-order valence-electron chi connectivity index (χ4n) is 2.01. The highest BCUT2D eigenvalue weighted by Gasteiger charge is 2.16. The van der Waals surface area contributed by atoms with Crippen LogP contribution in [0.5, 0.6) is 5.75 Å². The number of rotatable bonds is 6. The number of amidine groups is 1. The van der Waals surface area contributed by atoms with Crippen LogP contribution >= 0.6 is 11.8 Å². The van der Waals surface area contributed by atoms with Crippen molar-refractivity contribution in [3.05, 3.63) is 23.8 Å². The van der Waals surface area contributed by atoms with Crippen LogP contribution in [0, 0.1) is 5.92 Å². The summed E-state index contributed by atoms with van der Waals surface area (Å²) in [6, 6.07) is 5.69. The number of hydrogen-bond donors (Lipinski definition) is 2. The highest BCUT2D eigenvalue weighted by atomic mass is 32.2. The molecule has 0 aliphatic heterocycles. The van der Waals surface area contributed by atoms with Crippen molar-refractivity contribution < 1.29 is 9.94 Å². The molecule has 0 aliphatic rings. The van der Waals surface area contributed by atoms with E-state index < -0.39 is 0 Å². The average molecular weight is 282 g/mol. The van der Waals surface area contributed by atoms with Gasteiger partial charge in [0.05, 0.1) is 11.7 Å². The van der Waals surface area contributed by atoms with Crippen LogP contribution in [0.2, 0.25) is 0 Å². The molecular weight excluding hydrogens is 260 g/mol. The number of nitrogens with two attached hydrogens (primary N) is 1. The standard InChI is InChI=1S/C14H22N2O2S/c1-9(2)8-10(3)18-11-6-5-7-12(19-4)13(11)14(15)16-17/h5-7,9-10,17H,8H2,1-4H3,(H2,15,16). The number of nitrogens with zero attached hydrogens (tertiary/aromatic N) is 1. The molecule has 0 bridgehead atoms. The van der Waals surface area contributed by atoms with Crippen molar-refractivity contribution in [1.82, 2.24) is 0 Å². The van der Waals surface area contributed by atoms with Crippen molar-refractivity contribution in [2.24, 2.45) is 16.8 Å². The topological polar surface area (TPSA) is 67.8 Å². The van der Waals surface area contributed by atoms with E-state index >= 15 is 0 Å². The maximum absolute atomic E-state index is 8.91. The first-order chi connectivity index (χ1) is 8.99. The number of oxime groups is 1. The first kappa shape index (κ1) is 15.7. The molecule has 106 valence electrons. The van der Waals surface area contributed by atoms with E-state index in [0.29, 0.717) is 17.2 Å². The summed E-state index contributed by atoms with van der Waals surface area (Å²) < 4.78 is 5.94. The minimum absolute atomic E-state index is 0.0803. The van der Waals surface area contributed by atoms with E-state index in [1.54, 1.807) is 11.8 Å². The third-order valence-corrected chi connectivity index (χ3v) is 3.48. The molecule has 0 spiro atoms. The second kappa shape index (κ2) is 7.28. The summed E-state index contributed by atoms with van der Waals surface area (Å²) >= 11 is 1.54. The Morgan fingerprint density at radius 1 is 1.42 bits per heavy atom. The maximum Gasteiger partial charge on any atom is 0.174 e. The molecule has 0 aromatic heterocycles. The Bertz CT molecular complexity index is 447. The van der Waals surface area contributed by atoms with E-state index in [-0.39, 0.29) is 11.9 Å². The van der Waals surface area contributed by atoms with Crippen molar-refractivity contribution >= 4 is 17.6 Å². The van der Waals surface area contributed by atoms with Gasteiger partial charge in [0.15, 0.2) is 5.84 Å². The largest absolute Gasteiger partial charge is 0.490 e. The van der Waals surface area contributed by atoms with Gasteiger partial charge in [-0.25, -0.2) is 0 Å². The van der Waals surface area contributed by atoms with Crippen LogP contribution in [0.25, 0.3) is 0 Å². The lowest BCUT2D eigenvalue weighted by Gasteiger charge is -2.19. The molecule has 0 aliphatic carbocycles. The second-order valence-electron chi connectivity index (χ2n) is 4.88. The first-order valence-electron chi connectivity index (χ1n) is 6.31. The van der Waals surface area contributed by atoms with Crippen molar-refractivity contribution in [3.63, 3.8) is 0 Å². The van der Waals surface area contributed by atoms with Crippen molar-refractivity contribution in [1.29, 1.82) is 0 Å². The predicted molar refractivity (Wildman–Crippen MR) is 80.3 cm³/mol. The third-order valence-electron chi connectivity index (χ3n) is 2.70. The summed E-state index contributed by atoms with van der Waals surface area (Å²) in [6.07, 6.45) is 2.99. The Morgan fingerprint density at radius 3 is 2.63 bits per heavy atom. The number of thioether (sulfide) groups is 1. The number of ether oxygens (including phenoxy) is 1. The highest BCUT2D eigenvalue weighted by molar-refractivity contribution is 7.98. The molecule has 19 heavy (non-hydrogen) atoms. The van der Waals surface area contributed by atoms with Gasteiger partial charge in [-0.05, 0) is 37.7 Å². The number of benzene rings is 1. The zero-order chi connectivity index (χ0) is 14.4. The number of hydrogen-bond acceptors (Lipinski definition) is 4. The quantitative estimate of drug-likeness (QED) is 0.276. The van der Waals surface area contributed by atoms with Gasteiger partial charge in [0.25, 0.3) is 0 Å². The predicted octanol–water partition coefficient (Wildman–Crippen LogP) is 3.32. The summed E-state index contributed by atoms with van der Waals surface area (Å²) in [6.45, 7) is 6.34. The molecule has 0 saturated carbocycles. The summed E-state index contributed by atoms with van der Waals surface area (Å²) in [7, 11) is 0. The molecule has 0 fully saturated rings. The van der Waals surface area contributed by atoms with E-state index in [1.807, 2.05) is 31.4 Å². The zero-order valence-corrected chi connectivity index (χ0v) is 12.7. The van der Waals surface area contributed by atoms with Gasteiger partial charge in [0.2, 0.25) is 0 Å². The fourth-order valence-corrected chi connectivity index (χ4v) is 2.63.